The summed E-state index contributed by atoms with van der Waals surface area (Å²) in [7, 11) is 0. The van der Waals surface area contributed by atoms with Gasteiger partial charge in [-0.3, -0.25) is 0 Å². The number of hydrogen-bond donors (Lipinski definition) is 2. The van der Waals surface area contributed by atoms with E-state index in [9.17, 15) is 19.8 Å². The van der Waals surface area contributed by atoms with Crippen LogP contribution in [0.3, 0.4) is 0 Å². The predicted molar refractivity (Wildman–Crippen MR) is 232 cm³/mol. The Morgan fingerprint density at radius 2 is 0.931 bits per heavy atom. The van der Waals surface area contributed by atoms with Crippen molar-refractivity contribution in [2.24, 2.45) is 23.7 Å². The molecule has 2 atom stereocenters. The zero-order valence-corrected chi connectivity index (χ0v) is 36.1. The molecule has 0 radical (unpaired) electrons. The molecule has 0 amide bonds. The molecule has 2 saturated carbocycles. The SMILES string of the molecule is CCCCCC1CCC(C=CCOc2ccc(CO[C@@](CC)(C(=O)O)[C@@](CC)(OCc3ccc(OCC=CC4CCC(CCCCC)CC4)cc3)C(=O)O)cc2)CC1. The summed E-state index contributed by atoms with van der Waals surface area (Å²) < 4.78 is 24.2. The summed E-state index contributed by atoms with van der Waals surface area (Å²) in [4.78, 5) is 26.0. The molecule has 0 aromatic heterocycles. The van der Waals surface area contributed by atoms with Crippen LogP contribution in [0.5, 0.6) is 11.5 Å². The van der Waals surface area contributed by atoms with Gasteiger partial charge in [-0.25, -0.2) is 9.59 Å². The van der Waals surface area contributed by atoms with E-state index < -0.39 is 23.1 Å². The summed E-state index contributed by atoms with van der Waals surface area (Å²) in [5.74, 6) is 1.67. The monoisotopic (exact) mass is 803 g/mol. The molecule has 0 spiro atoms. The minimum atomic E-state index is -2.15. The van der Waals surface area contributed by atoms with Crippen LogP contribution in [0, 0.1) is 23.7 Å². The molecule has 322 valence electrons. The molecule has 0 saturated heterocycles. The van der Waals surface area contributed by atoms with Crippen molar-refractivity contribution >= 4 is 11.9 Å². The third-order valence-corrected chi connectivity index (χ3v) is 12.9. The zero-order valence-electron chi connectivity index (χ0n) is 36.1. The van der Waals surface area contributed by atoms with Crippen LogP contribution in [-0.2, 0) is 32.3 Å². The van der Waals surface area contributed by atoms with E-state index in [4.69, 9.17) is 18.9 Å². The van der Waals surface area contributed by atoms with E-state index in [-0.39, 0.29) is 26.1 Å². The van der Waals surface area contributed by atoms with E-state index in [1.54, 1.807) is 13.8 Å². The number of allylic oxidation sites excluding steroid dienone is 2. The Kier molecular flexibility index (Phi) is 20.4. The van der Waals surface area contributed by atoms with Crippen molar-refractivity contribution in [1.82, 2.24) is 0 Å². The van der Waals surface area contributed by atoms with Gasteiger partial charge in [-0.2, -0.15) is 0 Å². The Morgan fingerprint density at radius 1 is 0.569 bits per heavy atom. The minimum absolute atomic E-state index is 0.110. The second-order valence-corrected chi connectivity index (χ2v) is 16.9. The smallest absolute Gasteiger partial charge is 0.339 e. The Balaban J connectivity index is 1.25. The van der Waals surface area contributed by atoms with Gasteiger partial charge in [0, 0.05) is 0 Å². The number of benzene rings is 2. The summed E-state index contributed by atoms with van der Waals surface area (Å²) in [5.41, 5.74) is -2.90. The zero-order chi connectivity index (χ0) is 41.6. The molecule has 0 aliphatic heterocycles. The first-order chi connectivity index (χ1) is 28.2. The number of aliphatic carboxylic acids is 2. The first-order valence-corrected chi connectivity index (χ1v) is 22.7. The number of rotatable bonds is 27. The number of ether oxygens (including phenoxy) is 4. The quantitative estimate of drug-likeness (QED) is 0.0678. The summed E-state index contributed by atoms with van der Waals surface area (Å²) in [6, 6.07) is 14.6. The molecule has 8 nitrogen and oxygen atoms in total. The molecule has 8 heteroatoms. The van der Waals surface area contributed by atoms with Crippen molar-refractivity contribution in [3.63, 3.8) is 0 Å². The van der Waals surface area contributed by atoms with Crippen molar-refractivity contribution < 1.29 is 38.7 Å². The molecule has 58 heavy (non-hydrogen) atoms. The van der Waals surface area contributed by atoms with Crippen LogP contribution in [0.25, 0.3) is 0 Å². The van der Waals surface area contributed by atoms with Crippen molar-refractivity contribution in [3.05, 3.63) is 84.0 Å². The summed E-state index contributed by atoms with van der Waals surface area (Å²) in [6.07, 6.45) is 29.6. The number of unbranched alkanes of at least 4 members (excludes halogenated alkanes) is 4. The fourth-order valence-corrected chi connectivity index (χ4v) is 9.05. The normalized spacial score (nSPS) is 22.1. The molecule has 2 aromatic carbocycles. The number of hydrogen-bond acceptors (Lipinski definition) is 6. The highest BCUT2D eigenvalue weighted by atomic mass is 16.6. The standard InChI is InChI=1S/C50H74O8/c1-5-9-11-15-39-19-23-41(24-20-39)17-13-35-55-45-31-27-43(28-32-45)37-57-49(7-3,47(51)52)50(8-4,48(53)54)58-38-44-29-33-46(34-30-44)56-36-14-18-42-25-21-40(22-26-42)16-12-10-6-2/h13-14,17-18,27-34,39-42H,5-12,15-16,19-26,35-38H2,1-4H3,(H,51,52)(H,53,54)/t39?,40?,41?,42?,49-,50-/m0/s1. The highest BCUT2D eigenvalue weighted by molar-refractivity contribution is 5.91. The van der Waals surface area contributed by atoms with Gasteiger partial charge in [0.2, 0.25) is 11.2 Å². The van der Waals surface area contributed by atoms with Crippen LogP contribution in [0.1, 0.15) is 154 Å². The van der Waals surface area contributed by atoms with Gasteiger partial charge in [-0.1, -0.05) is 128 Å². The number of carbonyl (C=O) groups is 2. The van der Waals surface area contributed by atoms with Gasteiger partial charge < -0.3 is 29.2 Å². The second kappa shape index (κ2) is 25.1. The van der Waals surface area contributed by atoms with E-state index in [0.29, 0.717) is 47.7 Å². The molecular weight excluding hydrogens is 729 g/mol. The molecule has 4 rings (SSSR count). The summed E-state index contributed by atoms with van der Waals surface area (Å²) >= 11 is 0. The molecule has 2 N–H and O–H groups in total. The highest BCUT2D eigenvalue weighted by Crippen LogP contribution is 2.39. The maximum Gasteiger partial charge on any atom is 0.339 e. The fraction of sp³-hybridized carbons (Fsp3) is 0.640. The van der Waals surface area contributed by atoms with E-state index in [1.807, 2.05) is 48.5 Å². The van der Waals surface area contributed by atoms with Gasteiger partial charge >= 0.3 is 11.9 Å². The van der Waals surface area contributed by atoms with Gasteiger partial charge in [0.05, 0.1) is 13.2 Å². The van der Waals surface area contributed by atoms with Crippen LogP contribution in [0.2, 0.25) is 0 Å². The van der Waals surface area contributed by atoms with E-state index in [0.717, 1.165) is 11.8 Å². The molecule has 2 aliphatic rings. The van der Waals surface area contributed by atoms with Crippen molar-refractivity contribution in [3.8, 4) is 11.5 Å². The van der Waals surface area contributed by atoms with Crippen LogP contribution in [0.4, 0.5) is 0 Å². The van der Waals surface area contributed by atoms with Gasteiger partial charge in [0.1, 0.15) is 24.7 Å². The summed E-state index contributed by atoms with van der Waals surface area (Å²) in [5, 5.41) is 21.2. The molecule has 0 bridgehead atoms. The Bertz CT molecular complexity index is 1400. The molecular formula is C50H74O8. The average molecular weight is 803 g/mol. The highest BCUT2D eigenvalue weighted by Gasteiger charge is 2.62. The summed E-state index contributed by atoms with van der Waals surface area (Å²) in [6.45, 7) is 8.50. The van der Waals surface area contributed by atoms with Gasteiger partial charge in [-0.15, -0.1) is 0 Å². The average Bonchev–Trinajstić information content (AvgIpc) is 3.24. The maximum absolute atomic E-state index is 13.0. The lowest BCUT2D eigenvalue weighted by Crippen LogP contribution is -2.65. The topological polar surface area (TPSA) is 112 Å². The minimum Gasteiger partial charge on any atom is -0.490 e. The third-order valence-electron chi connectivity index (χ3n) is 12.9. The Morgan fingerprint density at radius 3 is 1.24 bits per heavy atom. The predicted octanol–water partition coefficient (Wildman–Crippen LogP) is 12.5. The lowest BCUT2D eigenvalue weighted by atomic mass is 9.77. The lowest BCUT2D eigenvalue weighted by Gasteiger charge is -2.43. The molecule has 2 aromatic rings. The van der Waals surface area contributed by atoms with Gasteiger partial charge in [0.25, 0.3) is 0 Å². The lowest BCUT2D eigenvalue weighted by molar-refractivity contribution is -0.238. The Labute approximate surface area is 349 Å². The molecule has 2 aliphatic carbocycles. The second-order valence-electron chi connectivity index (χ2n) is 16.9. The van der Waals surface area contributed by atoms with E-state index >= 15 is 0 Å². The van der Waals surface area contributed by atoms with E-state index in [1.165, 1.54) is 103 Å². The molecule has 0 heterocycles. The van der Waals surface area contributed by atoms with Crippen molar-refractivity contribution in [2.75, 3.05) is 13.2 Å². The molecule has 2 fully saturated rings. The first-order valence-electron chi connectivity index (χ1n) is 22.7. The van der Waals surface area contributed by atoms with Gasteiger partial charge in [0.15, 0.2) is 0 Å². The van der Waals surface area contributed by atoms with Crippen molar-refractivity contribution in [2.45, 2.75) is 168 Å². The number of carboxylic acids is 2. The Hall–Kier alpha value is -3.62. The third kappa shape index (κ3) is 14.0. The van der Waals surface area contributed by atoms with Crippen LogP contribution < -0.4 is 9.47 Å². The van der Waals surface area contributed by atoms with Crippen LogP contribution in [0.15, 0.2) is 72.8 Å². The van der Waals surface area contributed by atoms with E-state index in [2.05, 4.69) is 38.2 Å². The molecule has 0 unspecified atom stereocenters. The number of carboxylic acid groups (broad SMARTS) is 2. The first kappa shape index (κ1) is 47.1. The van der Waals surface area contributed by atoms with Crippen LogP contribution in [-0.4, -0.2) is 46.6 Å². The van der Waals surface area contributed by atoms with Crippen molar-refractivity contribution in [1.29, 1.82) is 0 Å². The van der Waals surface area contributed by atoms with Gasteiger partial charge in [-0.05, 0) is 123 Å². The fourth-order valence-electron chi connectivity index (χ4n) is 9.05. The van der Waals surface area contributed by atoms with Crippen LogP contribution >= 0.6 is 0 Å². The maximum atomic E-state index is 13.0. The largest absolute Gasteiger partial charge is 0.490 e.